The maximum Gasteiger partial charge on any atom is 0.148 e. The lowest BCUT2D eigenvalue weighted by atomic mass is 10.1. The van der Waals surface area contributed by atoms with Crippen LogP contribution in [0.25, 0.3) is 0 Å². The van der Waals surface area contributed by atoms with Crippen molar-refractivity contribution in [2.75, 3.05) is 18.6 Å². The highest BCUT2D eigenvalue weighted by atomic mass is 79.9. The van der Waals surface area contributed by atoms with Crippen molar-refractivity contribution in [3.05, 3.63) is 20.8 Å². The number of aliphatic hydroxyl groups is 1. The summed E-state index contributed by atoms with van der Waals surface area (Å²) >= 11 is 4.75. The summed E-state index contributed by atoms with van der Waals surface area (Å²) in [4.78, 5) is 0.893. The predicted molar refractivity (Wildman–Crippen MR) is 61.6 cm³/mol. The van der Waals surface area contributed by atoms with E-state index in [-0.39, 0.29) is 18.3 Å². The van der Waals surface area contributed by atoms with Crippen molar-refractivity contribution >= 4 is 37.1 Å². The smallest absolute Gasteiger partial charge is 0.148 e. The van der Waals surface area contributed by atoms with Crippen molar-refractivity contribution in [3.63, 3.8) is 0 Å². The minimum Gasteiger partial charge on any atom is -0.396 e. The number of hydrogen-bond donors (Lipinski definition) is 1. The van der Waals surface area contributed by atoms with Gasteiger partial charge in [0, 0.05) is 17.1 Å². The molecule has 1 N–H and O–H groups in total. The molecule has 3 nitrogen and oxygen atoms in total. The van der Waals surface area contributed by atoms with Gasteiger partial charge in [-0.1, -0.05) is 0 Å². The van der Waals surface area contributed by atoms with Crippen LogP contribution in [0.3, 0.4) is 0 Å². The van der Waals surface area contributed by atoms with E-state index in [1.54, 1.807) is 0 Å². The summed E-state index contributed by atoms with van der Waals surface area (Å²) < 4.78 is 23.1. The summed E-state index contributed by atoms with van der Waals surface area (Å²) in [7, 11) is -3.04. The van der Waals surface area contributed by atoms with Gasteiger partial charge in [-0.25, -0.2) is 8.42 Å². The Labute approximate surface area is 95.8 Å². The Morgan fingerprint density at radius 3 is 2.57 bits per heavy atom. The molecule has 14 heavy (non-hydrogen) atoms. The van der Waals surface area contributed by atoms with E-state index in [9.17, 15) is 8.42 Å². The highest BCUT2D eigenvalue weighted by Crippen LogP contribution is 2.29. The van der Waals surface area contributed by atoms with Crippen LogP contribution in [0.2, 0.25) is 0 Å². The average molecular weight is 299 g/mol. The molecular weight excluding hydrogens is 288 g/mol. The van der Waals surface area contributed by atoms with Gasteiger partial charge in [-0.15, -0.1) is 11.3 Å². The van der Waals surface area contributed by atoms with Gasteiger partial charge in [0.25, 0.3) is 0 Å². The Kier molecular flexibility index (Phi) is 4.12. The molecule has 1 unspecified atom stereocenters. The zero-order valence-corrected chi connectivity index (χ0v) is 10.8. The molecule has 0 fully saturated rings. The van der Waals surface area contributed by atoms with Crippen LogP contribution in [0, 0.1) is 0 Å². The monoisotopic (exact) mass is 298 g/mol. The maximum atomic E-state index is 11.1. The number of halogens is 1. The Morgan fingerprint density at radius 1 is 1.57 bits per heavy atom. The molecule has 0 aliphatic heterocycles. The summed E-state index contributed by atoms with van der Waals surface area (Å²) in [5, 5.41) is 9.08. The van der Waals surface area contributed by atoms with E-state index in [1.807, 2.05) is 12.1 Å². The minimum absolute atomic E-state index is 0.00352. The molecule has 1 rings (SSSR count). The fourth-order valence-electron chi connectivity index (χ4n) is 1.14. The first kappa shape index (κ1) is 12.2. The highest BCUT2D eigenvalue weighted by Gasteiger charge is 2.18. The highest BCUT2D eigenvalue weighted by molar-refractivity contribution is 9.11. The van der Waals surface area contributed by atoms with E-state index in [4.69, 9.17) is 5.11 Å². The lowest BCUT2D eigenvalue weighted by Gasteiger charge is -2.09. The first-order valence-electron chi connectivity index (χ1n) is 3.96. The van der Waals surface area contributed by atoms with Crippen LogP contribution < -0.4 is 0 Å². The first-order valence-corrected chi connectivity index (χ1v) is 7.63. The van der Waals surface area contributed by atoms with Gasteiger partial charge < -0.3 is 5.11 Å². The van der Waals surface area contributed by atoms with Crippen LogP contribution in [0.15, 0.2) is 15.9 Å². The second kappa shape index (κ2) is 4.74. The first-order chi connectivity index (χ1) is 6.42. The molecule has 0 aliphatic rings. The van der Waals surface area contributed by atoms with Gasteiger partial charge in [-0.05, 0) is 28.1 Å². The van der Waals surface area contributed by atoms with Gasteiger partial charge in [0.2, 0.25) is 0 Å². The molecule has 0 aromatic carbocycles. The molecule has 80 valence electrons. The average Bonchev–Trinajstić information content (AvgIpc) is 2.46. The summed E-state index contributed by atoms with van der Waals surface area (Å²) in [6, 6.07) is 3.69. The quantitative estimate of drug-likeness (QED) is 0.919. The maximum absolute atomic E-state index is 11.1. The zero-order valence-electron chi connectivity index (χ0n) is 7.60. The lowest BCUT2D eigenvalue weighted by molar-refractivity contribution is 0.275. The molecule has 0 saturated heterocycles. The summed E-state index contributed by atoms with van der Waals surface area (Å²) in [5.74, 6) is -0.308. The third kappa shape index (κ3) is 3.68. The molecule has 1 aromatic heterocycles. The normalized spacial score (nSPS) is 14.2. The van der Waals surface area contributed by atoms with Crippen LogP contribution >= 0.6 is 27.3 Å². The molecule has 0 amide bonds. The third-order valence-electron chi connectivity index (χ3n) is 1.72. The van der Waals surface area contributed by atoms with Crippen LogP contribution in [0.4, 0.5) is 0 Å². The fourth-order valence-corrected chi connectivity index (χ4v) is 3.77. The van der Waals surface area contributed by atoms with E-state index in [0.29, 0.717) is 0 Å². The van der Waals surface area contributed by atoms with Gasteiger partial charge in [-0.3, -0.25) is 0 Å². The summed E-state index contributed by atoms with van der Waals surface area (Å²) in [5.41, 5.74) is 0. The van der Waals surface area contributed by atoms with Gasteiger partial charge in [0.1, 0.15) is 9.84 Å². The second-order valence-corrected chi connectivity index (χ2v) is 7.79. The third-order valence-corrected chi connectivity index (χ3v) is 4.51. The molecule has 0 bridgehead atoms. The van der Waals surface area contributed by atoms with Crippen molar-refractivity contribution in [3.8, 4) is 0 Å². The SMILES string of the molecule is CS(=O)(=O)CC(CO)c1ccc(Br)s1. The van der Waals surface area contributed by atoms with E-state index >= 15 is 0 Å². The fraction of sp³-hybridized carbons (Fsp3) is 0.500. The molecule has 0 saturated carbocycles. The van der Waals surface area contributed by atoms with Gasteiger partial charge in [0.05, 0.1) is 16.1 Å². The van der Waals surface area contributed by atoms with Crippen molar-refractivity contribution in [1.29, 1.82) is 0 Å². The van der Waals surface area contributed by atoms with Gasteiger partial charge >= 0.3 is 0 Å². The molecule has 1 atom stereocenters. The molecule has 1 heterocycles. The lowest BCUT2D eigenvalue weighted by Crippen LogP contribution is -2.15. The number of rotatable bonds is 4. The van der Waals surface area contributed by atoms with Crippen LogP contribution in [0.1, 0.15) is 10.8 Å². The van der Waals surface area contributed by atoms with Gasteiger partial charge in [0.15, 0.2) is 0 Å². The van der Waals surface area contributed by atoms with E-state index < -0.39 is 9.84 Å². The molecule has 0 aliphatic carbocycles. The van der Waals surface area contributed by atoms with E-state index in [0.717, 1.165) is 8.66 Å². The Hall–Kier alpha value is 0.0900. The number of thiophene rings is 1. The largest absolute Gasteiger partial charge is 0.396 e. The van der Waals surface area contributed by atoms with Crippen molar-refractivity contribution in [2.45, 2.75) is 5.92 Å². The van der Waals surface area contributed by atoms with Crippen LogP contribution in [-0.4, -0.2) is 32.1 Å². The molecule has 6 heteroatoms. The van der Waals surface area contributed by atoms with Crippen LogP contribution in [-0.2, 0) is 9.84 Å². The summed E-state index contributed by atoms with van der Waals surface area (Å²) in [6.45, 7) is -0.139. The van der Waals surface area contributed by atoms with E-state index in [2.05, 4.69) is 15.9 Å². The standard InChI is InChI=1S/C8H11BrO3S2/c1-14(11,12)5-6(4-10)7-2-3-8(9)13-7/h2-3,6,10H,4-5H2,1H3. The van der Waals surface area contributed by atoms with E-state index in [1.165, 1.54) is 17.6 Å². The van der Waals surface area contributed by atoms with Crippen LogP contribution in [0.5, 0.6) is 0 Å². The number of sulfone groups is 1. The molecule has 0 spiro atoms. The molecule has 1 aromatic rings. The zero-order chi connectivity index (χ0) is 10.8. The van der Waals surface area contributed by atoms with Crippen molar-refractivity contribution < 1.29 is 13.5 Å². The number of aliphatic hydroxyl groups excluding tert-OH is 1. The Bertz CT molecular complexity index is 396. The van der Waals surface area contributed by atoms with Crippen molar-refractivity contribution in [1.82, 2.24) is 0 Å². The topological polar surface area (TPSA) is 54.4 Å². The second-order valence-electron chi connectivity index (χ2n) is 3.11. The Morgan fingerprint density at radius 2 is 2.21 bits per heavy atom. The number of hydrogen-bond acceptors (Lipinski definition) is 4. The van der Waals surface area contributed by atoms with Crippen molar-refractivity contribution in [2.24, 2.45) is 0 Å². The van der Waals surface area contributed by atoms with Gasteiger partial charge in [-0.2, -0.15) is 0 Å². The molecule has 0 radical (unpaired) electrons. The summed E-state index contributed by atoms with van der Waals surface area (Å²) in [6.07, 6.45) is 1.18. The Balaban J connectivity index is 2.83. The molecular formula is C8H11BrO3S2. The predicted octanol–water partition coefficient (Wildman–Crippen LogP) is 1.63. The minimum atomic E-state index is -3.04.